The molecule has 1 N–H and O–H groups in total. The van der Waals surface area contributed by atoms with E-state index in [0.29, 0.717) is 6.54 Å². The van der Waals surface area contributed by atoms with Crippen LogP contribution in [-0.2, 0) is 0 Å². The van der Waals surface area contributed by atoms with Crippen LogP contribution in [0.5, 0.6) is 0 Å². The average molecular weight is 164 g/mol. The van der Waals surface area contributed by atoms with Crippen molar-refractivity contribution in [3.63, 3.8) is 0 Å². The number of nitrogens with one attached hydrogen (secondary N) is 1. The van der Waals surface area contributed by atoms with Crippen molar-refractivity contribution in [2.24, 2.45) is 0 Å². The molecule has 0 spiro atoms. The van der Waals surface area contributed by atoms with E-state index in [2.05, 4.69) is 31.6 Å². The van der Waals surface area contributed by atoms with Gasteiger partial charge >= 0.3 is 0 Å². The second-order valence-electron chi connectivity index (χ2n) is 2.43. The van der Waals surface area contributed by atoms with E-state index < -0.39 is 0 Å². The van der Waals surface area contributed by atoms with E-state index >= 15 is 0 Å². The molecule has 0 aromatic carbocycles. The number of rotatable bonds is 6. The number of nitrogens with zero attached hydrogens (tertiary/aromatic N) is 1. The molecule has 0 aliphatic rings. The van der Waals surface area contributed by atoms with Crippen LogP contribution in [0.3, 0.4) is 0 Å². The Morgan fingerprint density at radius 3 is 2.33 bits per heavy atom. The number of hydrogen-bond acceptors (Lipinski definition) is 2. The lowest BCUT2D eigenvalue weighted by molar-refractivity contribution is 0.453. The monoisotopic (exact) mass is 164 g/mol. The molecular weight excluding hydrogens is 148 g/mol. The summed E-state index contributed by atoms with van der Waals surface area (Å²) in [5.74, 6) is 0.761. The highest BCUT2D eigenvalue weighted by atomic mass is 15.2. The quantitative estimate of drug-likeness (QED) is 0.605. The minimum Gasteiger partial charge on any atom is -0.349 e. The zero-order chi connectivity index (χ0) is 9.56. The van der Waals surface area contributed by atoms with Crippen molar-refractivity contribution >= 4 is 0 Å². The second kappa shape index (κ2) is 5.24. The normalized spacial score (nSPS) is 8.42. The van der Waals surface area contributed by atoms with Crippen LogP contribution in [0.15, 0.2) is 50.1 Å². The Bertz CT molecular complexity index is 204. The molecule has 0 saturated heterocycles. The van der Waals surface area contributed by atoms with Crippen molar-refractivity contribution in [1.29, 1.82) is 0 Å². The Kier molecular flexibility index (Phi) is 4.61. The number of hydrogen-bond donors (Lipinski definition) is 1. The van der Waals surface area contributed by atoms with Gasteiger partial charge in [0.05, 0.1) is 0 Å². The first kappa shape index (κ1) is 10.6. The molecular formula is C10H16N2. The summed E-state index contributed by atoms with van der Waals surface area (Å²) >= 11 is 0. The summed E-state index contributed by atoms with van der Waals surface area (Å²) < 4.78 is 0. The van der Waals surface area contributed by atoms with Gasteiger partial charge in [0, 0.05) is 12.2 Å². The lowest BCUT2D eigenvalue weighted by Crippen LogP contribution is -2.26. The molecule has 0 radical (unpaired) electrons. The Balaban J connectivity index is 4.27. The fraction of sp³-hybridized carbons (Fsp3) is 0.200. The fourth-order valence-corrected chi connectivity index (χ4v) is 0.821. The summed E-state index contributed by atoms with van der Waals surface area (Å²) in [6, 6.07) is 0. The largest absolute Gasteiger partial charge is 0.349 e. The summed E-state index contributed by atoms with van der Waals surface area (Å²) in [7, 11) is 0. The zero-order valence-corrected chi connectivity index (χ0v) is 7.64. The van der Waals surface area contributed by atoms with Gasteiger partial charge in [-0.05, 0) is 13.1 Å². The van der Waals surface area contributed by atoms with Crippen LogP contribution in [0.25, 0.3) is 0 Å². The zero-order valence-electron chi connectivity index (χ0n) is 7.64. The predicted octanol–water partition coefficient (Wildman–Crippen LogP) is 2.21. The Morgan fingerprint density at radius 1 is 1.42 bits per heavy atom. The molecule has 0 bridgehead atoms. The fourth-order valence-electron chi connectivity index (χ4n) is 0.821. The van der Waals surface area contributed by atoms with Gasteiger partial charge in [-0.1, -0.05) is 25.8 Å². The van der Waals surface area contributed by atoms with Gasteiger partial charge in [0.15, 0.2) is 0 Å². The van der Waals surface area contributed by atoms with Gasteiger partial charge in [0.1, 0.15) is 5.82 Å². The van der Waals surface area contributed by atoms with Crippen molar-refractivity contribution in [2.75, 3.05) is 6.54 Å². The molecule has 0 amide bonds. The molecule has 0 aromatic rings. The maximum absolute atomic E-state index is 3.82. The molecule has 0 rings (SSSR count). The lowest BCUT2D eigenvalue weighted by Gasteiger charge is -2.24. The maximum atomic E-state index is 3.82. The van der Waals surface area contributed by atoms with Gasteiger partial charge in [-0.2, -0.15) is 0 Å². The highest BCUT2D eigenvalue weighted by Crippen LogP contribution is 2.06. The minimum atomic E-state index is 0.703. The van der Waals surface area contributed by atoms with Crippen LogP contribution in [0.1, 0.15) is 6.92 Å². The Labute approximate surface area is 74.6 Å². The highest BCUT2D eigenvalue weighted by Gasteiger charge is 2.03. The molecule has 0 unspecified atom stereocenters. The molecule has 0 fully saturated rings. The molecule has 0 heterocycles. The van der Waals surface area contributed by atoms with Crippen LogP contribution in [0.4, 0.5) is 0 Å². The first-order chi connectivity index (χ1) is 5.63. The van der Waals surface area contributed by atoms with Crippen LogP contribution in [0.2, 0.25) is 0 Å². The van der Waals surface area contributed by atoms with Crippen LogP contribution >= 0.6 is 0 Å². The third-order valence-electron chi connectivity index (χ3n) is 1.37. The summed E-state index contributed by atoms with van der Waals surface area (Å²) in [5, 5.41) is 2.90. The molecule has 66 valence electrons. The SMILES string of the molecule is C=CCN(C(=C)C)C(=C)NC=C. The first-order valence-corrected chi connectivity index (χ1v) is 3.73. The van der Waals surface area contributed by atoms with Crippen molar-refractivity contribution in [1.82, 2.24) is 10.2 Å². The van der Waals surface area contributed by atoms with E-state index in [-0.39, 0.29) is 0 Å². The van der Waals surface area contributed by atoms with Crippen LogP contribution in [-0.4, -0.2) is 11.4 Å². The van der Waals surface area contributed by atoms with E-state index in [1.165, 1.54) is 0 Å². The third-order valence-corrected chi connectivity index (χ3v) is 1.37. The van der Waals surface area contributed by atoms with E-state index in [4.69, 9.17) is 0 Å². The van der Waals surface area contributed by atoms with Gasteiger partial charge < -0.3 is 10.2 Å². The standard InChI is InChI=1S/C10H16N2/c1-6-8-12(9(3)4)10(5)11-7-2/h6-7,11H,1-3,5,8H2,4H3. The first-order valence-electron chi connectivity index (χ1n) is 3.73. The van der Waals surface area contributed by atoms with Crippen molar-refractivity contribution in [3.05, 3.63) is 50.1 Å². The molecule has 0 aliphatic heterocycles. The predicted molar refractivity (Wildman–Crippen MR) is 54.2 cm³/mol. The number of allylic oxidation sites excluding steroid dienone is 1. The van der Waals surface area contributed by atoms with E-state index in [0.717, 1.165) is 11.5 Å². The van der Waals surface area contributed by atoms with E-state index in [1.807, 2.05) is 11.8 Å². The topological polar surface area (TPSA) is 15.3 Å². The van der Waals surface area contributed by atoms with Gasteiger partial charge in [0.25, 0.3) is 0 Å². The Morgan fingerprint density at radius 2 is 2.00 bits per heavy atom. The van der Waals surface area contributed by atoms with Gasteiger partial charge in [-0.25, -0.2) is 0 Å². The maximum Gasteiger partial charge on any atom is 0.102 e. The summed E-state index contributed by atoms with van der Waals surface area (Å²) in [6.45, 7) is 17.5. The molecule has 2 heteroatoms. The molecule has 0 atom stereocenters. The highest BCUT2D eigenvalue weighted by molar-refractivity contribution is 5.07. The lowest BCUT2D eigenvalue weighted by atomic mass is 10.4. The molecule has 0 saturated carbocycles. The molecule has 0 aromatic heterocycles. The summed E-state index contributed by atoms with van der Waals surface area (Å²) in [6.07, 6.45) is 3.38. The smallest absolute Gasteiger partial charge is 0.102 e. The average Bonchev–Trinajstić information content (AvgIpc) is 1.99. The van der Waals surface area contributed by atoms with Crippen LogP contribution in [0, 0.1) is 0 Å². The van der Waals surface area contributed by atoms with Gasteiger partial charge in [0.2, 0.25) is 0 Å². The summed E-state index contributed by atoms with van der Waals surface area (Å²) in [4.78, 5) is 1.91. The molecule has 2 nitrogen and oxygen atoms in total. The van der Waals surface area contributed by atoms with Gasteiger partial charge in [-0.3, -0.25) is 0 Å². The minimum absolute atomic E-state index is 0.703. The van der Waals surface area contributed by atoms with E-state index in [1.54, 1.807) is 12.3 Å². The van der Waals surface area contributed by atoms with Crippen molar-refractivity contribution < 1.29 is 0 Å². The third kappa shape index (κ3) is 3.10. The summed E-state index contributed by atoms with van der Waals surface area (Å²) in [5.41, 5.74) is 0.925. The van der Waals surface area contributed by atoms with Crippen molar-refractivity contribution in [3.8, 4) is 0 Å². The van der Waals surface area contributed by atoms with Crippen LogP contribution < -0.4 is 5.32 Å². The van der Waals surface area contributed by atoms with Gasteiger partial charge in [-0.15, -0.1) is 6.58 Å². The second-order valence-corrected chi connectivity index (χ2v) is 2.43. The Hall–Kier alpha value is -1.44. The molecule has 12 heavy (non-hydrogen) atoms. The van der Waals surface area contributed by atoms with Crippen molar-refractivity contribution in [2.45, 2.75) is 6.92 Å². The van der Waals surface area contributed by atoms with E-state index in [9.17, 15) is 0 Å². The molecule has 0 aliphatic carbocycles.